The van der Waals surface area contributed by atoms with Crippen molar-refractivity contribution in [1.82, 2.24) is 9.97 Å². The topological polar surface area (TPSA) is 135 Å². The first-order chi connectivity index (χ1) is 15.9. The van der Waals surface area contributed by atoms with Gasteiger partial charge in [0.15, 0.2) is 11.5 Å². The Balaban J connectivity index is 1.65. The van der Waals surface area contributed by atoms with E-state index in [4.69, 9.17) is 14.2 Å². The highest BCUT2D eigenvalue weighted by molar-refractivity contribution is 6.04. The lowest BCUT2D eigenvalue weighted by Gasteiger charge is -2.29. The van der Waals surface area contributed by atoms with Crippen molar-refractivity contribution in [3.63, 3.8) is 0 Å². The Hall–Kier alpha value is -3.76. The number of carbonyl (C=O) groups is 2. The number of rotatable bonds is 6. The molecule has 11 nitrogen and oxygen atoms in total. The van der Waals surface area contributed by atoms with Gasteiger partial charge in [0.05, 0.1) is 32.8 Å². The van der Waals surface area contributed by atoms with Crippen molar-refractivity contribution in [1.29, 1.82) is 0 Å². The van der Waals surface area contributed by atoms with Crippen LogP contribution in [-0.2, 0) is 9.59 Å². The molecule has 0 radical (unpaired) electrons. The lowest BCUT2D eigenvalue weighted by molar-refractivity contribution is -0.123. The number of hydrogen-bond donors (Lipinski definition) is 3. The van der Waals surface area contributed by atoms with Gasteiger partial charge < -0.3 is 29.7 Å². The summed E-state index contributed by atoms with van der Waals surface area (Å²) in [6.07, 6.45) is 2.97. The van der Waals surface area contributed by atoms with Crippen LogP contribution < -0.4 is 35.3 Å². The molecule has 33 heavy (non-hydrogen) atoms. The van der Waals surface area contributed by atoms with Gasteiger partial charge in [-0.3, -0.25) is 19.4 Å². The van der Waals surface area contributed by atoms with E-state index in [2.05, 4.69) is 20.6 Å². The van der Waals surface area contributed by atoms with Crippen LogP contribution in [0.5, 0.6) is 17.2 Å². The first kappa shape index (κ1) is 22.4. The smallest absolute Gasteiger partial charge is 0.258 e. The normalized spacial score (nSPS) is 17.6. The maximum atomic E-state index is 13.2. The molecule has 2 amide bonds. The Kier molecular flexibility index (Phi) is 6.38. The predicted molar refractivity (Wildman–Crippen MR) is 122 cm³/mol. The van der Waals surface area contributed by atoms with Crippen LogP contribution in [-0.4, -0.2) is 56.2 Å². The Morgan fingerprint density at radius 2 is 1.73 bits per heavy atom. The number of aromatic nitrogens is 2. The molecule has 2 aromatic rings. The molecule has 0 spiro atoms. The Morgan fingerprint density at radius 1 is 1.06 bits per heavy atom. The van der Waals surface area contributed by atoms with E-state index in [1.807, 2.05) is 4.90 Å². The second-order valence-electron chi connectivity index (χ2n) is 7.91. The number of nitrogens with one attached hydrogen (secondary N) is 3. The van der Waals surface area contributed by atoms with Crippen molar-refractivity contribution in [2.75, 3.05) is 50.0 Å². The van der Waals surface area contributed by atoms with E-state index in [-0.39, 0.29) is 23.7 Å². The standard InChI is InChI=1S/C22H27N5O6/c1-31-14-9-12(10-15(32-2)18(14)33-3)23-20(29)13-11-16(28)24-19-17(13)21(30)26-22(25-19)27-7-5-4-6-8-27/h9-10,13H,4-8,11H2,1-3H3,(H,23,29)(H2,24,25,26,28,30). The average molecular weight is 457 g/mol. The van der Waals surface area contributed by atoms with Crippen LogP contribution in [0, 0.1) is 0 Å². The van der Waals surface area contributed by atoms with Crippen LogP contribution >= 0.6 is 0 Å². The first-order valence-electron chi connectivity index (χ1n) is 10.7. The average Bonchev–Trinajstić information content (AvgIpc) is 2.82. The molecule has 2 aliphatic rings. The summed E-state index contributed by atoms with van der Waals surface area (Å²) in [5, 5.41) is 5.40. The van der Waals surface area contributed by atoms with E-state index < -0.39 is 17.4 Å². The van der Waals surface area contributed by atoms with Crippen molar-refractivity contribution < 1.29 is 23.8 Å². The first-order valence-corrected chi connectivity index (χ1v) is 10.7. The number of hydrogen-bond acceptors (Lipinski definition) is 8. The zero-order valence-electron chi connectivity index (χ0n) is 18.8. The van der Waals surface area contributed by atoms with Gasteiger partial charge in [-0.1, -0.05) is 0 Å². The molecule has 11 heteroatoms. The molecule has 176 valence electrons. The third-order valence-electron chi connectivity index (χ3n) is 5.84. The minimum Gasteiger partial charge on any atom is -0.493 e. The zero-order chi connectivity index (χ0) is 23.5. The molecule has 1 saturated heterocycles. The molecule has 0 bridgehead atoms. The van der Waals surface area contributed by atoms with Gasteiger partial charge in [-0.05, 0) is 19.3 Å². The number of benzene rings is 1. The molecule has 3 heterocycles. The van der Waals surface area contributed by atoms with Crippen LogP contribution in [0.4, 0.5) is 17.5 Å². The maximum Gasteiger partial charge on any atom is 0.258 e. The van der Waals surface area contributed by atoms with Crippen molar-refractivity contribution in [2.45, 2.75) is 31.6 Å². The predicted octanol–water partition coefficient (Wildman–Crippen LogP) is 1.85. The molecule has 0 saturated carbocycles. The van der Waals surface area contributed by atoms with Crippen molar-refractivity contribution in [3.05, 3.63) is 28.0 Å². The zero-order valence-corrected chi connectivity index (χ0v) is 18.8. The minimum absolute atomic E-state index is 0.126. The molecule has 1 fully saturated rings. The SMILES string of the molecule is COc1cc(NC(=O)C2CC(=O)Nc3nc(N4CCCCC4)[nH]c(=O)c32)cc(OC)c1OC. The van der Waals surface area contributed by atoms with Crippen LogP contribution in [0.15, 0.2) is 16.9 Å². The summed E-state index contributed by atoms with van der Waals surface area (Å²) in [6, 6.07) is 3.15. The van der Waals surface area contributed by atoms with E-state index in [9.17, 15) is 14.4 Å². The summed E-state index contributed by atoms with van der Waals surface area (Å²) < 4.78 is 15.9. The highest BCUT2D eigenvalue weighted by Crippen LogP contribution is 2.40. The monoisotopic (exact) mass is 457 g/mol. The summed E-state index contributed by atoms with van der Waals surface area (Å²) in [6.45, 7) is 1.56. The number of H-pyrrole nitrogens is 1. The number of piperidine rings is 1. The van der Waals surface area contributed by atoms with Crippen LogP contribution in [0.2, 0.25) is 0 Å². The highest BCUT2D eigenvalue weighted by atomic mass is 16.5. The molecule has 1 aromatic heterocycles. The molecule has 0 aliphatic carbocycles. The fourth-order valence-corrected chi connectivity index (χ4v) is 4.22. The number of amides is 2. The Labute approximate surface area is 190 Å². The largest absolute Gasteiger partial charge is 0.493 e. The molecule has 4 rings (SSSR count). The minimum atomic E-state index is -1.00. The number of anilines is 3. The third-order valence-corrected chi connectivity index (χ3v) is 5.84. The van der Waals surface area contributed by atoms with Crippen LogP contribution in [0.1, 0.15) is 37.2 Å². The van der Waals surface area contributed by atoms with Gasteiger partial charge in [0, 0.05) is 37.3 Å². The van der Waals surface area contributed by atoms with Gasteiger partial charge in [-0.15, -0.1) is 0 Å². The van der Waals surface area contributed by atoms with E-state index in [0.717, 1.165) is 32.4 Å². The maximum absolute atomic E-state index is 13.2. The second-order valence-corrected chi connectivity index (χ2v) is 7.91. The van der Waals surface area contributed by atoms with Crippen LogP contribution in [0.25, 0.3) is 0 Å². The fraction of sp³-hybridized carbons (Fsp3) is 0.455. The Bertz CT molecular complexity index is 1100. The highest BCUT2D eigenvalue weighted by Gasteiger charge is 2.35. The van der Waals surface area contributed by atoms with Gasteiger partial charge in [0.25, 0.3) is 5.56 Å². The molecule has 2 aliphatic heterocycles. The van der Waals surface area contributed by atoms with Crippen LogP contribution in [0.3, 0.4) is 0 Å². The van der Waals surface area contributed by atoms with Gasteiger partial charge in [0.2, 0.25) is 23.5 Å². The number of ether oxygens (including phenoxy) is 3. The number of nitrogens with zero attached hydrogens (tertiary/aromatic N) is 2. The van der Waals surface area contributed by atoms with Crippen molar-refractivity contribution in [3.8, 4) is 17.2 Å². The summed E-state index contributed by atoms with van der Waals surface area (Å²) in [5.74, 6) is -0.260. The molecular formula is C22H27N5O6. The molecule has 3 N–H and O–H groups in total. The molecule has 1 atom stereocenters. The van der Waals surface area contributed by atoms with Gasteiger partial charge >= 0.3 is 0 Å². The number of fused-ring (bicyclic) bond motifs is 1. The van der Waals surface area contributed by atoms with E-state index in [1.54, 1.807) is 12.1 Å². The third kappa shape index (κ3) is 4.43. The molecule has 1 unspecified atom stereocenters. The molecule has 1 aromatic carbocycles. The van der Waals surface area contributed by atoms with E-state index >= 15 is 0 Å². The molecular weight excluding hydrogens is 430 g/mol. The van der Waals surface area contributed by atoms with E-state index in [1.165, 1.54) is 21.3 Å². The summed E-state index contributed by atoms with van der Waals surface area (Å²) in [7, 11) is 4.42. The number of aromatic amines is 1. The Morgan fingerprint density at radius 3 is 2.33 bits per heavy atom. The van der Waals surface area contributed by atoms with Crippen molar-refractivity contribution >= 4 is 29.3 Å². The lowest BCUT2D eigenvalue weighted by atomic mass is 9.92. The second kappa shape index (κ2) is 9.39. The number of carbonyl (C=O) groups excluding carboxylic acids is 2. The van der Waals surface area contributed by atoms with Crippen molar-refractivity contribution in [2.24, 2.45) is 0 Å². The van der Waals surface area contributed by atoms with Gasteiger partial charge in [-0.2, -0.15) is 4.98 Å². The van der Waals surface area contributed by atoms with Gasteiger partial charge in [0.1, 0.15) is 5.82 Å². The lowest BCUT2D eigenvalue weighted by Crippen LogP contribution is -2.38. The van der Waals surface area contributed by atoms with E-state index in [0.29, 0.717) is 28.9 Å². The summed E-state index contributed by atoms with van der Waals surface area (Å²) in [5.41, 5.74) is 0.0715. The summed E-state index contributed by atoms with van der Waals surface area (Å²) in [4.78, 5) is 47.8. The van der Waals surface area contributed by atoms with Gasteiger partial charge in [-0.25, -0.2) is 0 Å². The fourth-order valence-electron chi connectivity index (χ4n) is 4.22. The quantitative estimate of drug-likeness (QED) is 0.598. The number of methoxy groups -OCH3 is 3. The summed E-state index contributed by atoms with van der Waals surface area (Å²) >= 11 is 0.